The minimum Gasteiger partial charge on any atom is -0.487 e. The summed E-state index contributed by atoms with van der Waals surface area (Å²) in [5.41, 5.74) is 1.82. The van der Waals surface area contributed by atoms with Crippen molar-refractivity contribution in [3.05, 3.63) is 68.8 Å². The van der Waals surface area contributed by atoms with Gasteiger partial charge >= 0.3 is 5.69 Å². The molecule has 6 nitrogen and oxygen atoms in total. The third kappa shape index (κ3) is 3.03. The summed E-state index contributed by atoms with van der Waals surface area (Å²) in [6.07, 6.45) is 0. The van der Waals surface area contributed by atoms with Gasteiger partial charge in [-0.2, -0.15) is 9.36 Å². The van der Waals surface area contributed by atoms with Crippen LogP contribution in [0.2, 0.25) is 5.02 Å². The van der Waals surface area contributed by atoms with Gasteiger partial charge in [0.25, 0.3) is 0 Å². The Morgan fingerprint density at radius 2 is 2.04 bits per heavy atom. The monoisotopic (exact) mass is 348 g/mol. The van der Waals surface area contributed by atoms with Crippen LogP contribution in [0.15, 0.2) is 41.2 Å². The normalized spacial score (nSPS) is 10.8. The molecular formula is C16H14ClFN4O2. The molecule has 1 heterocycles. The summed E-state index contributed by atoms with van der Waals surface area (Å²) in [6, 6.07) is 9.34. The average Bonchev–Trinajstić information content (AvgIpc) is 2.88. The Morgan fingerprint density at radius 3 is 2.75 bits per heavy atom. The van der Waals surface area contributed by atoms with Crippen LogP contribution in [0, 0.1) is 12.7 Å². The molecular weight excluding hydrogens is 335 g/mol. The van der Waals surface area contributed by atoms with Crippen LogP contribution in [0.3, 0.4) is 0 Å². The number of nitrogens with zero attached hydrogens (tertiary/aromatic N) is 4. The number of benzene rings is 2. The second kappa shape index (κ2) is 6.45. The zero-order valence-electron chi connectivity index (χ0n) is 13.0. The molecule has 2 aromatic carbocycles. The highest BCUT2D eigenvalue weighted by Crippen LogP contribution is 2.27. The van der Waals surface area contributed by atoms with E-state index in [-0.39, 0.29) is 18.0 Å². The maximum atomic E-state index is 13.3. The van der Waals surface area contributed by atoms with Crippen LogP contribution in [0.25, 0.3) is 5.69 Å². The second-order valence-electron chi connectivity index (χ2n) is 5.23. The standard InChI is InChI=1S/C16H14ClFN4O2/c1-10-4-3-5-14(22-16(23)21(2)19-20-22)12(10)9-24-15-8-11(18)6-7-13(15)17/h3-8H,9H2,1-2H3. The minimum atomic E-state index is -0.440. The maximum absolute atomic E-state index is 13.3. The first-order chi connectivity index (χ1) is 11.5. The van der Waals surface area contributed by atoms with Crippen LogP contribution in [0.1, 0.15) is 11.1 Å². The fourth-order valence-corrected chi connectivity index (χ4v) is 2.45. The van der Waals surface area contributed by atoms with Crippen LogP contribution in [0.4, 0.5) is 4.39 Å². The van der Waals surface area contributed by atoms with Gasteiger partial charge in [0.15, 0.2) is 0 Å². The number of aryl methyl sites for hydroxylation is 2. The number of tetrazole rings is 1. The highest BCUT2D eigenvalue weighted by molar-refractivity contribution is 6.32. The Labute approximate surface area is 142 Å². The first kappa shape index (κ1) is 16.2. The fraction of sp³-hybridized carbons (Fsp3) is 0.188. The number of rotatable bonds is 4. The van der Waals surface area contributed by atoms with Crippen molar-refractivity contribution in [2.24, 2.45) is 7.05 Å². The average molecular weight is 349 g/mol. The molecule has 24 heavy (non-hydrogen) atoms. The van der Waals surface area contributed by atoms with Gasteiger partial charge in [-0.05, 0) is 41.1 Å². The van der Waals surface area contributed by atoms with E-state index in [2.05, 4.69) is 10.4 Å². The van der Waals surface area contributed by atoms with Gasteiger partial charge in [0, 0.05) is 18.7 Å². The number of aromatic nitrogens is 4. The third-order valence-electron chi connectivity index (χ3n) is 3.60. The molecule has 0 aliphatic carbocycles. The quantitative estimate of drug-likeness (QED) is 0.727. The molecule has 0 radical (unpaired) electrons. The predicted molar refractivity (Wildman–Crippen MR) is 87.1 cm³/mol. The van der Waals surface area contributed by atoms with E-state index in [1.165, 1.54) is 29.9 Å². The first-order valence-corrected chi connectivity index (χ1v) is 7.51. The molecule has 0 fully saturated rings. The summed E-state index contributed by atoms with van der Waals surface area (Å²) in [7, 11) is 1.52. The van der Waals surface area contributed by atoms with Gasteiger partial charge in [-0.1, -0.05) is 23.7 Å². The fourth-order valence-electron chi connectivity index (χ4n) is 2.28. The molecule has 124 valence electrons. The Bertz CT molecular complexity index is 951. The van der Waals surface area contributed by atoms with E-state index in [9.17, 15) is 9.18 Å². The topological polar surface area (TPSA) is 61.9 Å². The van der Waals surface area contributed by atoms with Crippen molar-refractivity contribution in [3.8, 4) is 11.4 Å². The van der Waals surface area contributed by atoms with E-state index in [4.69, 9.17) is 16.3 Å². The SMILES string of the molecule is Cc1cccc(-n2nnn(C)c2=O)c1COc1cc(F)ccc1Cl. The van der Waals surface area contributed by atoms with Crippen LogP contribution in [-0.2, 0) is 13.7 Å². The molecule has 0 saturated carbocycles. The number of halogens is 2. The molecule has 3 rings (SSSR count). The highest BCUT2D eigenvalue weighted by Gasteiger charge is 2.14. The third-order valence-corrected chi connectivity index (χ3v) is 3.91. The highest BCUT2D eigenvalue weighted by atomic mass is 35.5. The Morgan fingerprint density at radius 1 is 1.25 bits per heavy atom. The van der Waals surface area contributed by atoms with Crippen molar-refractivity contribution in [1.82, 2.24) is 19.8 Å². The lowest BCUT2D eigenvalue weighted by atomic mass is 10.1. The van der Waals surface area contributed by atoms with E-state index in [0.29, 0.717) is 10.7 Å². The molecule has 0 saturated heterocycles. The molecule has 0 unspecified atom stereocenters. The van der Waals surface area contributed by atoms with E-state index in [1.54, 1.807) is 6.07 Å². The molecule has 0 amide bonds. The van der Waals surface area contributed by atoms with Gasteiger partial charge in [0.1, 0.15) is 18.2 Å². The molecule has 0 aliphatic heterocycles. The van der Waals surface area contributed by atoms with Crippen molar-refractivity contribution in [2.45, 2.75) is 13.5 Å². The first-order valence-electron chi connectivity index (χ1n) is 7.13. The van der Waals surface area contributed by atoms with E-state index >= 15 is 0 Å². The zero-order chi connectivity index (χ0) is 17.3. The second-order valence-corrected chi connectivity index (χ2v) is 5.64. The Balaban J connectivity index is 1.98. The summed E-state index contributed by atoms with van der Waals surface area (Å²) in [6.45, 7) is 1.99. The Hall–Kier alpha value is -2.67. The van der Waals surface area contributed by atoms with Crippen molar-refractivity contribution in [3.63, 3.8) is 0 Å². The molecule has 0 N–H and O–H groups in total. The molecule has 8 heteroatoms. The minimum absolute atomic E-state index is 0.105. The van der Waals surface area contributed by atoms with Gasteiger partial charge in [-0.15, -0.1) is 0 Å². The molecule has 1 aromatic heterocycles. The number of hydrogen-bond acceptors (Lipinski definition) is 4. The molecule has 3 aromatic rings. The summed E-state index contributed by atoms with van der Waals surface area (Å²) in [5, 5.41) is 7.87. The largest absolute Gasteiger partial charge is 0.487 e. The maximum Gasteiger partial charge on any atom is 0.368 e. The molecule has 0 aliphatic rings. The number of hydrogen-bond donors (Lipinski definition) is 0. The van der Waals surface area contributed by atoms with Gasteiger partial charge in [-0.3, -0.25) is 0 Å². The van der Waals surface area contributed by atoms with Crippen molar-refractivity contribution in [1.29, 1.82) is 0 Å². The van der Waals surface area contributed by atoms with Crippen LogP contribution >= 0.6 is 11.6 Å². The van der Waals surface area contributed by atoms with Gasteiger partial charge in [0.2, 0.25) is 0 Å². The van der Waals surface area contributed by atoms with Crippen LogP contribution in [-0.4, -0.2) is 19.8 Å². The summed E-state index contributed by atoms with van der Waals surface area (Å²) in [5.74, 6) is -0.207. The van der Waals surface area contributed by atoms with Crippen LogP contribution in [0.5, 0.6) is 5.75 Å². The van der Waals surface area contributed by atoms with Crippen molar-refractivity contribution < 1.29 is 9.13 Å². The van der Waals surface area contributed by atoms with Gasteiger partial charge in [-0.25, -0.2) is 9.18 Å². The molecule has 0 spiro atoms. The van der Waals surface area contributed by atoms with Crippen molar-refractivity contribution >= 4 is 11.6 Å². The summed E-state index contributed by atoms with van der Waals surface area (Å²) < 4.78 is 21.3. The lowest BCUT2D eigenvalue weighted by molar-refractivity contribution is 0.303. The van der Waals surface area contributed by atoms with E-state index in [1.807, 2.05) is 19.1 Å². The van der Waals surface area contributed by atoms with Gasteiger partial charge in [0.05, 0.1) is 10.7 Å². The lowest BCUT2D eigenvalue weighted by Crippen LogP contribution is -2.23. The van der Waals surface area contributed by atoms with E-state index < -0.39 is 5.82 Å². The van der Waals surface area contributed by atoms with Gasteiger partial charge < -0.3 is 4.74 Å². The van der Waals surface area contributed by atoms with Crippen LogP contribution < -0.4 is 10.4 Å². The molecule has 0 bridgehead atoms. The van der Waals surface area contributed by atoms with E-state index in [0.717, 1.165) is 15.8 Å². The lowest BCUT2D eigenvalue weighted by Gasteiger charge is -2.13. The smallest absolute Gasteiger partial charge is 0.368 e. The number of ether oxygens (including phenoxy) is 1. The van der Waals surface area contributed by atoms with Crippen molar-refractivity contribution in [2.75, 3.05) is 0 Å². The molecule has 0 atom stereocenters. The zero-order valence-corrected chi connectivity index (χ0v) is 13.8. The summed E-state index contributed by atoms with van der Waals surface area (Å²) >= 11 is 6.02. The Kier molecular flexibility index (Phi) is 4.35. The predicted octanol–water partition coefficient (Wildman–Crippen LogP) is 2.65. The summed E-state index contributed by atoms with van der Waals surface area (Å²) in [4.78, 5) is 12.1.